The van der Waals surface area contributed by atoms with E-state index in [1.54, 1.807) is 0 Å². The molecule has 1 fully saturated rings. The molecule has 6 heteroatoms. The molecule has 20 heavy (non-hydrogen) atoms. The number of nitrogens with one attached hydrogen (secondary N) is 1. The smallest absolute Gasteiger partial charge is 0.158 e. The van der Waals surface area contributed by atoms with Crippen molar-refractivity contribution in [3.8, 4) is 0 Å². The van der Waals surface area contributed by atoms with Gasteiger partial charge < -0.3 is 19.7 Å². The van der Waals surface area contributed by atoms with Crippen molar-refractivity contribution in [2.45, 2.75) is 32.4 Å². The fourth-order valence-corrected chi connectivity index (χ4v) is 2.31. The fraction of sp³-hybridized carbons (Fsp3) is 0.714. The first-order valence-corrected chi connectivity index (χ1v) is 7.18. The quantitative estimate of drug-likeness (QED) is 0.855. The molecule has 1 saturated heterocycles. The predicted molar refractivity (Wildman–Crippen MR) is 79.2 cm³/mol. The molecule has 0 spiro atoms. The Kier molecular flexibility index (Phi) is 5.55. The fourth-order valence-electron chi connectivity index (χ4n) is 2.31. The van der Waals surface area contributed by atoms with Gasteiger partial charge >= 0.3 is 0 Å². The van der Waals surface area contributed by atoms with E-state index in [0.29, 0.717) is 25.1 Å². The molecule has 0 radical (unpaired) electrons. The van der Waals surface area contributed by atoms with Crippen LogP contribution in [-0.4, -0.2) is 49.9 Å². The zero-order valence-electron chi connectivity index (χ0n) is 12.6. The highest BCUT2D eigenvalue weighted by Gasteiger charge is 2.20. The number of aromatic nitrogens is 2. The normalized spacial score (nSPS) is 16.1. The zero-order chi connectivity index (χ0) is 14.4. The van der Waals surface area contributed by atoms with Crippen molar-refractivity contribution in [2.24, 2.45) is 0 Å². The molecule has 1 N–H and O–H groups in total. The van der Waals surface area contributed by atoms with Crippen LogP contribution in [0.1, 0.15) is 25.6 Å². The van der Waals surface area contributed by atoms with E-state index >= 15 is 0 Å². The van der Waals surface area contributed by atoms with E-state index in [0.717, 1.165) is 37.7 Å². The Balaban J connectivity index is 2.15. The molecule has 1 aromatic heterocycles. The van der Waals surface area contributed by atoms with Crippen LogP contribution in [-0.2, 0) is 16.1 Å². The summed E-state index contributed by atoms with van der Waals surface area (Å²) in [7, 11) is 3.95. The summed E-state index contributed by atoms with van der Waals surface area (Å²) in [6.45, 7) is 4.73. The summed E-state index contributed by atoms with van der Waals surface area (Å²) in [4.78, 5) is 11.2. The van der Waals surface area contributed by atoms with Gasteiger partial charge in [-0.3, -0.25) is 0 Å². The van der Waals surface area contributed by atoms with Gasteiger partial charge in [-0.25, -0.2) is 9.97 Å². The largest absolute Gasteiger partial charge is 0.381 e. The highest BCUT2D eigenvalue weighted by atomic mass is 16.5. The Bertz CT molecular complexity index is 422. The molecule has 2 rings (SSSR count). The molecular formula is C14H24N4O2. The van der Waals surface area contributed by atoms with E-state index in [2.05, 4.69) is 27.2 Å². The molecule has 0 saturated carbocycles. The first-order valence-electron chi connectivity index (χ1n) is 7.18. The van der Waals surface area contributed by atoms with E-state index in [4.69, 9.17) is 9.47 Å². The third-order valence-corrected chi connectivity index (χ3v) is 3.55. The zero-order valence-corrected chi connectivity index (χ0v) is 12.6. The number of ether oxygens (including phenoxy) is 2. The van der Waals surface area contributed by atoms with Crippen LogP contribution in [0.25, 0.3) is 0 Å². The minimum atomic E-state index is 0.445. The van der Waals surface area contributed by atoms with Gasteiger partial charge in [-0.05, 0) is 19.8 Å². The lowest BCUT2D eigenvalue weighted by Gasteiger charge is -2.32. The molecule has 6 nitrogen and oxygen atoms in total. The van der Waals surface area contributed by atoms with E-state index in [9.17, 15) is 0 Å². The third kappa shape index (κ3) is 3.80. The van der Waals surface area contributed by atoms with E-state index in [1.807, 2.05) is 20.0 Å². The Morgan fingerprint density at radius 2 is 2.15 bits per heavy atom. The number of hydrogen-bond donors (Lipinski definition) is 1. The highest BCUT2D eigenvalue weighted by Crippen LogP contribution is 2.21. The van der Waals surface area contributed by atoms with Crippen LogP contribution in [0.5, 0.6) is 0 Å². The average Bonchev–Trinajstić information content (AvgIpc) is 2.52. The van der Waals surface area contributed by atoms with Crippen molar-refractivity contribution in [3.05, 3.63) is 11.9 Å². The van der Waals surface area contributed by atoms with Crippen LogP contribution in [0.2, 0.25) is 0 Å². The van der Waals surface area contributed by atoms with Crippen molar-refractivity contribution in [1.29, 1.82) is 0 Å². The SMILES string of the molecule is CCOCc1nc(NC)cc(N(C)C2CCOCC2)n1. The summed E-state index contributed by atoms with van der Waals surface area (Å²) in [5.41, 5.74) is 0. The first-order chi connectivity index (χ1) is 9.74. The standard InChI is InChI=1S/C14H24N4O2/c1-4-19-10-13-16-12(15-2)9-14(17-13)18(3)11-5-7-20-8-6-11/h9,11H,4-8,10H2,1-3H3,(H,15,16,17). The number of hydrogen-bond acceptors (Lipinski definition) is 6. The van der Waals surface area contributed by atoms with Crippen LogP contribution in [0.4, 0.5) is 11.6 Å². The van der Waals surface area contributed by atoms with Gasteiger partial charge in [0.2, 0.25) is 0 Å². The van der Waals surface area contributed by atoms with Crippen LogP contribution in [0.3, 0.4) is 0 Å². The van der Waals surface area contributed by atoms with Gasteiger partial charge in [-0.15, -0.1) is 0 Å². The molecule has 0 aliphatic carbocycles. The summed E-state index contributed by atoms with van der Waals surface area (Å²) in [6.07, 6.45) is 2.08. The van der Waals surface area contributed by atoms with Gasteiger partial charge in [-0.1, -0.05) is 0 Å². The second kappa shape index (κ2) is 7.40. The molecule has 0 amide bonds. The van der Waals surface area contributed by atoms with Crippen molar-refractivity contribution in [1.82, 2.24) is 9.97 Å². The molecule has 2 heterocycles. The molecule has 112 valence electrons. The summed E-state index contributed by atoms with van der Waals surface area (Å²) in [6, 6.07) is 2.45. The summed E-state index contributed by atoms with van der Waals surface area (Å²) in [5, 5.41) is 3.08. The first kappa shape index (κ1) is 15.0. The molecule has 0 atom stereocenters. The van der Waals surface area contributed by atoms with Crippen LogP contribution >= 0.6 is 0 Å². The van der Waals surface area contributed by atoms with Crippen molar-refractivity contribution >= 4 is 11.6 Å². The second-order valence-corrected chi connectivity index (χ2v) is 4.87. The van der Waals surface area contributed by atoms with Crippen LogP contribution in [0, 0.1) is 0 Å². The molecule has 1 aliphatic rings. The number of anilines is 2. The van der Waals surface area contributed by atoms with Gasteiger partial charge in [0.1, 0.15) is 18.2 Å². The summed E-state index contributed by atoms with van der Waals surface area (Å²) >= 11 is 0. The van der Waals surface area contributed by atoms with Gasteiger partial charge in [0.05, 0.1) is 0 Å². The summed E-state index contributed by atoms with van der Waals surface area (Å²) in [5.74, 6) is 2.47. The van der Waals surface area contributed by atoms with Gasteiger partial charge in [0.15, 0.2) is 5.82 Å². The van der Waals surface area contributed by atoms with E-state index in [-0.39, 0.29) is 0 Å². The Labute approximate surface area is 120 Å². The van der Waals surface area contributed by atoms with Crippen molar-refractivity contribution in [2.75, 3.05) is 44.1 Å². The lowest BCUT2D eigenvalue weighted by molar-refractivity contribution is 0.0853. The van der Waals surface area contributed by atoms with Crippen molar-refractivity contribution < 1.29 is 9.47 Å². The van der Waals surface area contributed by atoms with Crippen LogP contribution < -0.4 is 10.2 Å². The lowest BCUT2D eigenvalue weighted by Crippen LogP contribution is -2.37. The molecule has 1 aliphatic heterocycles. The van der Waals surface area contributed by atoms with Gasteiger partial charge in [-0.2, -0.15) is 0 Å². The molecule has 0 bridgehead atoms. The maximum Gasteiger partial charge on any atom is 0.158 e. The lowest BCUT2D eigenvalue weighted by atomic mass is 10.1. The average molecular weight is 280 g/mol. The summed E-state index contributed by atoms with van der Waals surface area (Å²) < 4.78 is 10.8. The van der Waals surface area contributed by atoms with E-state index in [1.165, 1.54) is 0 Å². The minimum Gasteiger partial charge on any atom is -0.381 e. The van der Waals surface area contributed by atoms with E-state index < -0.39 is 0 Å². The van der Waals surface area contributed by atoms with Gasteiger partial charge in [0.25, 0.3) is 0 Å². The maximum absolute atomic E-state index is 5.42. The molecular weight excluding hydrogens is 256 g/mol. The number of nitrogens with zero attached hydrogens (tertiary/aromatic N) is 3. The topological polar surface area (TPSA) is 59.5 Å². The molecule has 1 aromatic rings. The Morgan fingerprint density at radius 1 is 1.40 bits per heavy atom. The van der Waals surface area contributed by atoms with Crippen molar-refractivity contribution in [3.63, 3.8) is 0 Å². The maximum atomic E-state index is 5.42. The minimum absolute atomic E-state index is 0.445. The molecule has 0 aromatic carbocycles. The van der Waals surface area contributed by atoms with Gasteiger partial charge in [0, 0.05) is 46.0 Å². The third-order valence-electron chi connectivity index (χ3n) is 3.55. The second-order valence-electron chi connectivity index (χ2n) is 4.87. The van der Waals surface area contributed by atoms with Crippen LogP contribution in [0.15, 0.2) is 6.07 Å². The number of rotatable bonds is 6. The highest BCUT2D eigenvalue weighted by molar-refractivity contribution is 5.49. The monoisotopic (exact) mass is 280 g/mol. The molecule has 0 unspecified atom stereocenters. The Hall–Kier alpha value is -1.40. The predicted octanol–water partition coefficient (Wildman–Crippen LogP) is 1.67. The Morgan fingerprint density at radius 3 is 2.80 bits per heavy atom.